The number of benzene rings is 1. The van der Waals surface area contributed by atoms with Gasteiger partial charge in [0.15, 0.2) is 0 Å². The summed E-state index contributed by atoms with van der Waals surface area (Å²) in [4.78, 5) is 0. The molecule has 1 N–H and O–H groups in total. The molecule has 0 aliphatic rings. The van der Waals surface area contributed by atoms with Crippen LogP contribution >= 0.6 is 15.9 Å². The number of ether oxygens (including phenoxy) is 1. The molecule has 0 radical (unpaired) electrons. The first-order valence-electron chi connectivity index (χ1n) is 6.81. The van der Waals surface area contributed by atoms with Gasteiger partial charge in [-0.3, -0.25) is 0 Å². The summed E-state index contributed by atoms with van der Waals surface area (Å²) in [5.74, 6) is 0.905. The van der Waals surface area contributed by atoms with E-state index in [1.54, 1.807) is 7.11 Å². The summed E-state index contributed by atoms with van der Waals surface area (Å²) >= 11 is 3.52. The highest BCUT2D eigenvalue weighted by molar-refractivity contribution is 9.10. The first kappa shape index (κ1) is 15.5. The fraction of sp³-hybridized carbons (Fsp3) is 0.600. The second kappa shape index (κ2) is 9.40. The van der Waals surface area contributed by atoms with E-state index in [0.29, 0.717) is 0 Å². The second-order valence-corrected chi connectivity index (χ2v) is 5.38. The van der Waals surface area contributed by atoms with E-state index in [0.717, 1.165) is 29.7 Å². The summed E-state index contributed by atoms with van der Waals surface area (Å²) in [5, 5.41) is 3.43. The van der Waals surface area contributed by atoms with Crippen molar-refractivity contribution in [3.8, 4) is 5.75 Å². The molecule has 0 aromatic heterocycles. The number of hydrogen-bond donors (Lipinski definition) is 1. The number of methoxy groups -OCH3 is 1. The van der Waals surface area contributed by atoms with Crippen molar-refractivity contribution in [2.45, 2.75) is 39.0 Å². The molecule has 1 rings (SSSR count). The van der Waals surface area contributed by atoms with E-state index in [-0.39, 0.29) is 0 Å². The molecule has 0 amide bonds. The molecule has 0 unspecified atom stereocenters. The molecule has 0 aliphatic heterocycles. The van der Waals surface area contributed by atoms with Crippen molar-refractivity contribution in [2.75, 3.05) is 20.2 Å². The second-order valence-electron chi connectivity index (χ2n) is 4.53. The van der Waals surface area contributed by atoms with Crippen LogP contribution in [0.25, 0.3) is 0 Å². The largest absolute Gasteiger partial charge is 0.496 e. The van der Waals surface area contributed by atoms with Gasteiger partial charge in [-0.2, -0.15) is 0 Å². The Balaban J connectivity index is 2.17. The number of unbranched alkanes of at least 4 members (excludes halogenated alkanes) is 2. The lowest BCUT2D eigenvalue weighted by atomic mass is 10.1. The summed E-state index contributed by atoms with van der Waals surface area (Å²) in [6.07, 6.45) is 6.19. The Bertz CT molecular complexity index is 341. The number of halogens is 1. The Morgan fingerprint density at radius 2 is 2.00 bits per heavy atom. The molecule has 102 valence electrons. The average molecular weight is 314 g/mol. The van der Waals surface area contributed by atoms with Crippen molar-refractivity contribution in [1.82, 2.24) is 5.32 Å². The summed E-state index contributed by atoms with van der Waals surface area (Å²) in [7, 11) is 1.70. The van der Waals surface area contributed by atoms with Gasteiger partial charge in [0.1, 0.15) is 5.75 Å². The van der Waals surface area contributed by atoms with Gasteiger partial charge in [-0.25, -0.2) is 0 Å². The van der Waals surface area contributed by atoms with Crippen LogP contribution in [0.15, 0.2) is 22.7 Å². The topological polar surface area (TPSA) is 21.3 Å². The number of rotatable bonds is 9. The SMILES string of the molecule is CCCNCCCCCc1ccc(OC)c(Br)c1. The zero-order valence-corrected chi connectivity index (χ0v) is 13.1. The van der Waals surface area contributed by atoms with Crippen LogP contribution in [0, 0.1) is 0 Å². The van der Waals surface area contributed by atoms with Crippen LogP contribution in [0.2, 0.25) is 0 Å². The van der Waals surface area contributed by atoms with Gasteiger partial charge in [0.05, 0.1) is 11.6 Å². The third-order valence-electron chi connectivity index (χ3n) is 2.96. The van der Waals surface area contributed by atoms with Gasteiger partial charge in [-0.1, -0.05) is 19.4 Å². The van der Waals surface area contributed by atoms with E-state index in [4.69, 9.17) is 4.74 Å². The van der Waals surface area contributed by atoms with Gasteiger partial charge in [-0.15, -0.1) is 0 Å². The van der Waals surface area contributed by atoms with E-state index in [9.17, 15) is 0 Å². The summed E-state index contributed by atoms with van der Waals surface area (Å²) in [6.45, 7) is 4.50. The molecule has 1 aromatic rings. The van der Waals surface area contributed by atoms with E-state index in [2.05, 4.69) is 40.3 Å². The summed E-state index contributed by atoms with van der Waals surface area (Å²) < 4.78 is 6.27. The van der Waals surface area contributed by atoms with Crippen LogP contribution in [-0.4, -0.2) is 20.2 Å². The zero-order chi connectivity index (χ0) is 13.2. The normalized spacial score (nSPS) is 10.6. The van der Waals surface area contributed by atoms with Crippen LogP contribution in [0.1, 0.15) is 38.2 Å². The van der Waals surface area contributed by atoms with Crippen LogP contribution < -0.4 is 10.1 Å². The Morgan fingerprint density at radius 1 is 1.17 bits per heavy atom. The third-order valence-corrected chi connectivity index (χ3v) is 3.58. The molecule has 0 atom stereocenters. The molecule has 0 saturated heterocycles. The predicted octanol–water partition coefficient (Wildman–Crippen LogP) is 4.17. The highest BCUT2D eigenvalue weighted by Gasteiger charge is 2.01. The Hall–Kier alpha value is -0.540. The van der Waals surface area contributed by atoms with Crippen molar-refractivity contribution in [3.63, 3.8) is 0 Å². The van der Waals surface area contributed by atoms with Gasteiger partial charge < -0.3 is 10.1 Å². The van der Waals surface area contributed by atoms with Crippen molar-refractivity contribution < 1.29 is 4.74 Å². The molecule has 0 heterocycles. The molecular formula is C15H24BrNO. The maximum absolute atomic E-state index is 5.23. The molecule has 18 heavy (non-hydrogen) atoms. The monoisotopic (exact) mass is 313 g/mol. The fourth-order valence-corrected chi connectivity index (χ4v) is 2.51. The number of nitrogens with one attached hydrogen (secondary N) is 1. The summed E-state index contributed by atoms with van der Waals surface area (Å²) in [6, 6.07) is 6.34. The number of aryl methyl sites for hydroxylation is 1. The van der Waals surface area contributed by atoms with Crippen molar-refractivity contribution in [3.05, 3.63) is 28.2 Å². The lowest BCUT2D eigenvalue weighted by molar-refractivity contribution is 0.412. The van der Waals surface area contributed by atoms with E-state index >= 15 is 0 Å². The minimum absolute atomic E-state index is 0.905. The van der Waals surface area contributed by atoms with Crippen molar-refractivity contribution in [2.24, 2.45) is 0 Å². The molecule has 0 aliphatic carbocycles. The van der Waals surface area contributed by atoms with E-state index in [1.807, 2.05) is 6.07 Å². The summed E-state index contributed by atoms with van der Waals surface area (Å²) in [5.41, 5.74) is 1.38. The lowest BCUT2D eigenvalue weighted by Crippen LogP contribution is -2.15. The molecular weight excluding hydrogens is 290 g/mol. The van der Waals surface area contributed by atoms with Gasteiger partial charge >= 0.3 is 0 Å². The zero-order valence-electron chi connectivity index (χ0n) is 11.5. The van der Waals surface area contributed by atoms with Crippen LogP contribution in [0.4, 0.5) is 0 Å². The minimum Gasteiger partial charge on any atom is -0.496 e. The van der Waals surface area contributed by atoms with E-state index < -0.39 is 0 Å². The Morgan fingerprint density at radius 3 is 2.67 bits per heavy atom. The smallest absolute Gasteiger partial charge is 0.133 e. The average Bonchev–Trinajstić information content (AvgIpc) is 2.38. The quantitative estimate of drug-likeness (QED) is 0.691. The Kier molecular flexibility index (Phi) is 8.10. The first-order chi connectivity index (χ1) is 8.77. The van der Waals surface area contributed by atoms with Crippen LogP contribution in [0.3, 0.4) is 0 Å². The molecule has 0 bridgehead atoms. The molecule has 0 fully saturated rings. The fourth-order valence-electron chi connectivity index (χ4n) is 1.92. The third kappa shape index (κ3) is 5.87. The standard InChI is InChI=1S/C15H24BrNO/c1-3-10-17-11-6-4-5-7-13-8-9-15(18-2)14(16)12-13/h8-9,12,17H,3-7,10-11H2,1-2H3. The highest BCUT2D eigenvalue weighted by Crippen LogP contribution is 2.26. The van der Waals surface area contributed by atoms with Gasteiger partial charge in [-0.05, 0) is 72.4 Å². The highest BCUT2D eigenvalue weighted by atomic mass is 79.9. The maximum Gasteiger partial charge on any atom is 0.133 e. The predicted molar refractivity (Wildman–Crippen MR) is 81.4 cm³/mol. The van der Waals surface area contributed by atoms with Crippen LogP contribution in [-0.2, 0) is 6.42 Å². The molecule has 0 spiro atoms. The number of hydrogen-bond acceptors (Lipinski definition) is 2. The van der Waals surface area contributed by atoms with Crippen molar-refractivity contribution in [1.29, 1.82) is 0 Å². The molecule has 3 heteroatoms. The Labute approximate surface area is 119 Å². The van der Waals surface area contributed by atoms with Gasteiger partial charge in [0.2, 0.25) is 0 Å². The van der Waals surface area contributed by atoms with Crippen molar-refractivity contribution >= 4 is 15.9 Å². The van der Waals surface area contributed by atoms with Gasteiger partial charge in [0, 0.05) is 0 Å². The molecule has 1 aromatic carbocycles. The molecule has 0 saturated carbocycles. The first-order valence-corrected chi connectivity index (χ1v) is 7.60. The van der Waals surface area contributed by atoms with E-state index in [1.165, 1.54) is 31.2 Å². The molecule has 2 nitrogen and oxygen atoms in total. The minimum atomic E-state index is 0.905. The van der Waals surface area contributed by atoms with Crippen LogP contribution in [0.5, 0.6) is 5.75 Å². The lowest BCUT2D eigenvalue weighted by Gasteiger charge is -2.06. The maximum atomic E-state index is 5.23. The van der Waals surface area contributed by atoms with Gasteiger partial charge in [0.25, 0.3) is 0 Å².